The summed E-state index contributed by atoms with van der Waals surface area (Å²) in [5.74, 6) is 3.54. The first-order chi connectivity index (χ1) is 62.6. The van der Waals surface area contributed by atoms with Crippen LogP contribution in [0.15, 0.2) is 243 Å². The van der Waals surface area contributed by atoms with Gasteiger partial charge in [0, 0.05) is 145 Å². The normalized spacial score (nSPS) is 14.7. The van der Waals surface area contributed by atoms with Gasteiger partial charge in [0.25, 0.3) is 5.91 Å². The molecule has 0 spiro atoms. The Balaban J connectivity index is 0.000000113. The minimum atomic E-state index is -0.492. The number of H-pyrrole nitrogens is 1. The molecule has 24 heteroatoms. The van der Waals surface area contributed by atoms with Gasteiger partial charge in [0.1, 0.15) is 63.9 Å². The number of furan rings is 1. The molecule has 18 aromatic rings. The Labute approximate surface area is 746 Å². The number of hydrogen-bond acceptors (Lipinski definition) is 19. The number of amides is 1. The predicted molar refractivity (Wildman–Crippen MR) is 507 cm³/mol. The van der Waals surface area contributed by atoms with Gasteiger partial charge >= 0.3 is 5.76 Å². The Morgan fingerprint density at radius 2 is 0.914 bits per heavy atom. The van der Waals surface area contributed by atoms with Crippen LogP contribution in [0.1, 0.15) is 97.5 Å². The summed E-state index contributed by atoms with van der Waals surface area (Å²) in [6.07, 6.45) is 0. The molecule has 0 radical (unpaired) electrons. The van der Waals surface area contributed by atoms with Crippen LogP contribution in [-0.2, 0) is 24.4 Å². The molecule has 1 N–H and O–H groups in total. The van der Waals surface area contributed by atoms with Crippen LogP contribution in [0.4, 0.5) is 17.1 Å². The number of fused-ring (bicyclic) bond motifs is 13. The van der Waals surface area contributed by atoms with Crippen molar-refractivity contribution in [2.75, 3.05) is 77.0 Å². The van der Waals surface area contributed by atoms with Crippen molar-refractivity contribution in [2.45, 2.75) is 78.2 Å². The second kappa shape index (κ2) is 35.9. The highest BCUT2D eigenvalue weighted by Gasteiger charge is 2.43. The number of nitrogens with one attached hydrogen (secondary N) is 1. The van der Waals surface area contributed by atoms with Gasteiger partial charge in [-0.3, -0.25) is 9.78 Å². The molecule has 1 amide bonds. The van der Waals surface area contributed by atoms with E-state index in [0.717, 1.165) is 170 Å². The number of thiophene rings is 2. The number of nitriles is 5. The fraction of sp³-hybridized carbons (Fsp3) is 0.202. The molecule has 3 aliphatic rings. The summed E-state index contributed by atoms with van der Waals surface area (Å²) in [7, 11) is 9.99. The van der Waals surface area contributed by atoms with Gasteiger partial charge in [-0.2, -0.15) is 26.3 Å². The summed E-state index contributed by atoms with van der Waals surface area (Å²) in [6.45, 7) is 14.3. The molecule has 3 aliphatic heterocycles. The molecule has 0 saturated carbocycles. The number of likely N-dealkylation sites (N-methyl/N-ethyl adjacent to an activating group) is 3. The number of aryl methyl sites for hydroxylation is 3. The van der Waals surface area contributed by atoms with E-state index >= 15 is 0 Å². The highest BCUT2D eigenvalue weighted by Crippen LogP contribution is 2.55. The number of nitrogens with zero attached hydrogens (tertiary/aromatic N) is 11. The molecule has 128 heavy (non-hydrogen) atoms. The van der Waals surface area contributed by atoms with Crippen molar-refractivity contribution >= 4 is 132 Å². The maximum Gasteiger partial charge on any atom is 0.417 e. The number of carbonyl (C=O) groups is 1. The topological polar surface area (TPSA) is 275 Å². The quantitative estimate of drug-likeness (QED) is 0.0998. The molecule has 0 aliphatic carbocycles. The Morgan fingerprint density at radius 1 is 0.430 bits per heavy atom. The molecule has 22 nitrogen and oxygen atoms in total. The number of methoxy groups -OCH3 is 5. The molecule has 21 rings (SSSR count). The fourth-order valence-electron chi connectivity index (χ4n) is 18.5. The summed E-state index contributed by atoms with van der Waals surface area (Å²) in [5, 5.41) is 58.9. The second-order valence-corrected chi connectivity index (χ2v) is 32.7. The van der Waals surface area contributed by atoms with E-state index in [1.165, 1.54) is 25.7 Å². The van der Waals surface area contributed by atoms with Crippen molar-refractivity contribution in [3.8, 4) is 97.9 Å². The van der Waals surface area contributed by atoms with Gasteiger partial charge < -0.3 is 65.7 Å². The van der Waals surface area contributed by atoms with Crippen LogP contribution in [0.5, 0.6) is 34.5 Å². The predicted octanol–water partition coefficient (Wildman–Crippen LogP) is 23.5. The van der Waals surface area contributed by atoms with Gasteiger partial charge in [0.2, 0.25) is 0 Å². The molecule has 0 saturated heterocycles. The van der Waals surface area contributed by atoms with Crippen LogP contribution >= 0.6 is 22.7 Å². The van der Waals surface area contributed by atoms with Crippen molar-refractivity contribution in [2.24, 2.45) is 0 Å². The average molecular weight is 1730 g/mol. The Kier molecular flexibility index (Phi) is 23.7. The van der Waals surface area contributed by atoms with Crippen molar-refractivity contribution in [1.29, 1.82) is 26.3 Å². The Bertz CT molecular complexity index is 7460. The van der Waals surface area contributed by atoms with E-state index in [4.69, 9.17) is 37.3 Å². The average Bonchev–Trinajstić information content (AvgIpc) is 1.59. The van der Waals surface area contributed by atoms with Crippen LogP contribution in [0, 0.1) is 56.7 Å². The zero-order valence-electron chi connectivity index (χ0n) is 72.3. The number of oxazole rings is 1. The maximum absolute atomic E-state index is 12.0. The molecule has 636 valence electrons. The van der Waals surface area contributed by atoms with E-state index in [1.54, 1.807) is 71.0 Å². The van der Waals surface area contributed by atoms with Gasteiger partial charge in [-0.15, -0.1) is 22.7 Å². The summed E-state index contributed by atoms with van der Waals surface area (Å²) < 4.78 is 52.7. The van der Waals surface area contributed by atoms with Gasteiger partial charge in [-0.25, -0.2) is 4.79 Å². The number of hydrogen-bond donors (Lipinski definition) is 1. The first-order valence-corrected chi connectivity index (χ1v) is 43.8. The van der Waals surface area contributed by atoms with Crippen molar-refractivity contribution in [3.63, 3.8) is 0 Å². The molecular weight excluding hydrogens is 1640 g/mol. The molecular formula is C104H88N12O10S2. The van der Waals surface area contributed by atoms with Crippen LogP contribution in [-0.4, -0.2) is 86.9 Å². The van der Waals surface area contributed by atoms with Crippen LogP contribution in [0.3, 0.4) is 0 Å². The Morgan fingerprint density at radius 3 is 1.45 bits per heavy atom. The standard InChI is InChI=1S/C24H20N2O2.C24H20N2OS.C21H19N3O3.C19H15N3O3.C16H14N2OS/c2*1-3-26-21-13-15(27-2)11-12-16(21)20(14-25)23(26)19-9-6-8-18-17-7-4-5-10-22(17)28-24(18)19;1-4-24-17-10-14(26-3)6-7-15(17)16(11-22)21(24)13-5-8-19-18(9-13)23(2)20(25)12-27-19;1-3-22-16-9-12(24-2)5-6-13(16)14(10-20)18(22)11-4-7-15-17(8-11)25-19(23)21-15;1-3-18-14-9-11(19-2)6-7-12(14)13(10-17)16(18)15-5-4-8-20-15/h2*4-13,20,23H,3H2,1-2H3;5-10H,4,12H2,1-3H3;4-9H,3H2,1-2H3,(H,21,23);4-9H,3H2,1-2H3. The third-order valence-corrected chi connectivity index (χ3v) is 26.5. The van der Waals surface area contributed by atoms with E-state index in [1.807, 2.05) is 158 Å². The SMILES string of the molecule is CCN1c2cc(OC)ccc2C(C#N)C1c1cccc2c1oc1ccccc12.CCN1c2cc(OC)ccc2C(C#N)C1c1cccc2c1sc1ccccc12.CCn1c(-c2ccc3[nH]c(=O)oc3c2)c(C#N)c2ccc(OC)cc21.CCn1c(-c2ccc3c(c2)N(C)C(=O)CO3)c(C#N)c2ccc(OC)cc21.CCn1c(-c2cccs2)c(C#N)c2ccc(OC)cc21. The first-order valence-electron chi connectivity index (χ1n) is 42.1. The van der Waals surface area contributed by atoms with Crippen molar-refractivity contribution in [3.05, 3.63) is 279 Å². The molecule has 4 unspecified atom stereocenters. The lowest BCUT2D eigenvalue weighted by molar-refractivity contribution is -0.121. The second-order valence-electron chi connectivity index (χ2n) is 30.7. The summed E-state index contributed by atoms with van der Waals surface area (Å²) >= 11 is 3.48. The fourth-order valence-corrected chi connectivity index (χ4v) is 20.5. The molecule has 7 aromatic heterocycles. The lowest BCUT2D eigenvalue weighted by Crippen LogP contribution is -2.35. The summed E-state index contributed by atoms with van der Waals surface area (Å²) in [5.41, 5.74) is 19.4. The summed E-state index contributed by atoms with van der Waals surface area (Å²) in [6, 6.07) is 86.0. The minimum absolute atomic E-state index is 0.00821. The monoisotopic (exact) mass is 1730 g/mol. The van der Waals surface area contributed by atoms with Crippen molar-refractivity contribution in [1.82, 2.24) is 18.7 Å². The third-order valence-electron chi connectivity index (χ3n) is 24.4. The minimum Gasteiger partial charge on any atom is -0.497 e. The van der Waals surface area contributed by atoms with Gasteiger partial charge in [-0.1, -0.05) is 97.1 Å². The van der Waals surface area contributed by atoms with Crippen LogP contribution < -0.4 is 48.9 Å². The van der Waals surface area contributed by atoms with E-state index < -0.39 is 5.76 Å². The van der Waals surface area contributed by atoms with Crippen LogP contribution in [0.2, 0.25) is 0 Å². The number of para-hydroxylation sites is 2. The number of ether oxygens (including phenoxy) is 6. The zero-order chi connectivity index (χ0) is 89.3. The van der Waals surface area contributed by atoms with E-state index in [2.05, 4.69) is 165 Å². The molecule has 10 heterocycles. The number of benzene rings is 11. The zero-order valence-corrected chi connectivity index (χ0v) is 73.9. The highest BCUT2D eigenvalue weighted by molar-refractivity contribution is 7.26. The molecule has 0 bridgehead atoms. The largest absolute Gasteiger partial charge is 0.497 e. The first kappa shape index (κ1) is 84.6. The molecule has 11 aromatic carbocycles. The van der Waals surface area contributed by atoms with Crippen LogP contribution in [0.25, 0.3) is 119 Å². The third kappa shape index (κ3) is 14.7. The Hall–Kier alpha value is -15.7. The van der Waals surface area contributed by atoms with Gasteiger partial charge in [0.05, 0.1) is 138 Å². The number of aromatic nitrogens is 4. The lowest BCUT2D eigenvalue weighted by Gasteiger charge is -2.28. The lowest BCUT2D eigenvalue weighted by atomic mass is 9.90. The number of rotatable bonds is 15. The molecule has 4 atom stereocenters. The maximum atomic E-state index is 12.0. The number of anilines is 3. The van der Waals surface area contributed by atoms with E-state index in [9.17, 15) is 35.9 Å². The summed E-state index contributed by atoms with van der Waals surface area (Å²) in [4.78, 5) is 33.4. The number of aromatic amines is 1. The van der Waals surface area contributed by atoms with E-state index in [0.29, 0.717) is 46.8 Å². The number of carbonyl (C=O) groups excluding carboxylic acids is 1. The van der Waals surface area contributed by atoms with Gasteiger partial charge in [0.15, 0.2) is 12.2 Å². The smallest absolute Gasteiger partial charge is 0.417 e. The van der Waals surface area contributed by atoms with Crippen molar-refractivity contribution < 1.29 is 42.1 Å². The highest BCUT2D eigenvalue weighted by atomic mass is 32.1. The van der Waals surface area contributed by atoms with E-state index in [-0.39, 0.29) is 36.4 Å². The molecule has 0 fully saturated rings. The van der Waals surface area contributed by atoms with Gasteiger partial charge in [-0.05, 0) is 154 Å².